The Balaban J connectivity index is 2.28. The molecule has 0 aliphatic carbocycles. The number of ether oxygens (including phenoxy) is 1. The summed E-state index contributed by atoms with van der Waals surface area (Å²) >= 11 is 6.24. The van der Waals surface area contributed by atoms with Crippen molar-refractivity contribution in [3.63, 3.8) is 0 Å². The smallest absolute Gasteiger partial charge is 0.128 e. The Labute approximate surface area is 116 Å². The summed E-state index contributed by atoms with van der Waals surface area (Å²) in [5.41, 5.74) is 1.40. The molecule has 3 rings (SSSR count). The van der Waals surface area contributed by atoms with Crippen LogP contribution in [0.5, 0.6) is 0 Å². The van der Waals surface area contributed by atoms with E-state index in [1.54, 1.807) is 6.07 Å². The van der Waals surface area contributed by atoms with Gasteiger partial charge in [-0.2, -0.15) is 0 Å². The normalized spacial score (nSPS) is 25.1. The van der Waals surface area contributed by atoms with Gasteiger partial charge in [0, 0.05) is 12.7 Å². The number of nitrogens with zero attached hydrogens (tertiary/aromatic N) is 2. The molecule has 0 saturated carbocycles. The van der Waals surface area contributed by atoms with Gasteiger partial charge in [-0.15, -0.1) is 11.6 Å². The van der Waals surface area contributed by atoms with Crippen LogP contribution in [0, 0.1) is 5.82 Å². The summed E-state index contributed by atoms with van der Waals surface area (Å²) in [6.45, 7) is 5.38. The van der Waals surface area contributed by atoms with E-state index < -0.39 is 0 Å². The van der Waals surface area contributed by atoms with E-state index in [9.17, 15) is 4.39 Å². The highest BCUT2D eigenvalue weighted by molar-refractivity contribution is 6.20. The van der Waals surface area contributed by atoms with Gasteiger partial charge in [-0.05, 0) is 32.4 Å². The third kappa shape index (κ3) is 2.03. The molecule has 1 aliphatic rings. The number of imidazole rings is 1. The molecule has 0 spiro atoms. The van der Waals surface area contributed by atoms with E-state index in [2.05, 4.69) is 16.5 Å². The average Bonchev–Trinajstić information content (AvgIpc) is 2.93. The Bertz CT molecular complexity index is 617. The predicted octanol–water partition coefficient (Wildman–Crippen LogP) is 3.61. The van der Waals surface area contributed by atoms with E-state index in [0.29, 0.717) is 12.1 Å². The molecule has 5 heteroatoms. The van der Waals surface area contributed by atoms with Crippen LogP contribution in [0.3, 0.4) is 0 Å². The summed E-state index contributed by atoms with van der Waals surface area (Å²) < 4.78 is 21.0. The van der Waals surface area contributed by atoms with Gasteiger partial charge in [0.2, 0.25) is 0 Å². The average molecular weight is 283 g/mol. The Morgan fingerprint density at radius 3 is 2.95 bits per heavy atom. The van der Waals surface area contributed by atoms with Crippen LogP contribution >= 0.6 is 11.6 Å². The first-order valence-electron chi connectivity index (χ1n) is 6.41. The van der Waals surface area contributed by atoms with Crippen molar-refractivity contribution < 1.29 is 9.13 Å². The van der Waals surface area contributed by atoms with E-state index in [4.69, 9.17) is 16.3 Å². The van der Waals surface area contributed by atoms with Crippen molar-refractivity contribution in [1.29, 1.82) is 0 Å². The second-order valence-electron chi connectivity index (χ2n) is 5.35. The summed E-state index contributed by atoms with van der Waals surface area (Å²) in [5.74, 6) is 0.494. The van der Waals surface area contributed by atoms with Crippen LogP contribution in [0.15, 0.2) is 18.2 Å². The molecule has 0 radical (unpaired) electrons. The van der Waals surface area contributed by atoms with Crippen molar-refractivity contribution in [1.82, 2.24) is 9.55 Å². The first kappa shape index (κ1) is 12.9. The number of alkyl halides is 1. The Morgan fingerprint density at radius 2 is 2.32 bits per heavy atom. The molecule has 1 aromatic carbocycles. The summed E-state index contributed by atoms with van der Waals surface area (Å²) in [4.78, 5) is 4.50. The molecule has 0 amide bonds. The van der Waals surface area contributed by atoms with Crippen molar-refractivity contribution in [2.45, 2.75) is 31.2 Å². The maximum absolute atomic E-state index is 13.3. The first-order chi connectivity index (χ1) is 9.01. The van der Waals surface area contributed by atoms with Gasteiger partial charge in [0.15, 0.2) is 0 Å². The van der Waals surface area contributed by atoms with Crippen LogP contribution in [0.2, 0.25) is 0 Å². The quantitative estimate of drug-likeness (QED) is 0.787. The highest BCUT2D eigenvalue weighted by Crippen LogP contribution is 2.35. The minimum atomic E-state index is -0.279. The fraction of sp³-hybridized carbons (Fsp3) is 0.500. The maximum Gasteiger partial charge on any atom is 0.128 e. The summed E-state index contributed by atoms with van der Waals surface area (Å²) in [6, 6.07) is 4.68. The highest BCUT2D eigenvalue weighted by atomic mass is 35.5. The van der Waals surface area contributed by atoms with E-state index >= 15 is 0 Å². The minimum Gasteiger partial charge on any atom is -0.379 e. The fourth-order valence-corrected chi connectivity index (χ4v) is 2.89. The molecule has 2 heterocycles. The van der Waals surface area contributed by atoms with E-state index in [-0.39, 0.29) is 16.7 Å². The van der Waals surface area contributed by atoms with Crippen LogP contribution in [0.1, 0.15) is 31.5 Å². The Hall–Kier alpha value is -1.13. The molecule has 102 valence electrons. The van der Waals surface area contributed by atoms with E-state index in [1.807, 2.05) is 6.92 Å². The van der Waals surface area contributed by atoms with Crippen LogP contribution in [0.4, 0.5) is 4.39 Å². The summed E-state index contributed by atoms with van der Waals surface area (Å²) in [7, 11) is 0. The minimum absolute atomic E-state index is 0.162. The van der Waals surface area contributed by atoms with Gasteiger partial charge in [-0.1, -0.05) is 0 Å². The van der Waals surface area contributed by atoms with Gasteiger partial charge >= 0.3 is 0 Å². The van der Waals surface area contributed by atoms with Crippen molar-refractivity contribution in [2.24, 2.45) is 0 Å². The molecule has 0 N–H and O–H groups in total. The van der Waals surface area contributed by atoms with Crippen molar-refractivity contribution in [3.05, 3.63) is 29.8 Å². The van der Waals surface area contributed by atoms with Crippen molar-refractivity contribution in [3.8, 4) is 0 Å². The largest absolute Gasteiger partial charge is 0.379 e. The predicted molar refractivity (Wildman–Crippen MR) is 73.0 cm³/mol. The molecule has 1 fully saturated rings. The molecule has 0 bridgehead atoms. The summed E-state index contributed by atoms with van der Waals surface area (Å²) in [5, 5.41) is -0.229. The fourth-order valence-electron chi connectivity index (χ4n) is 2.74. The van der Waals surface area contributed by atoms with Gasteiger partial charge in [-0.3, -0.25) is 0 Å². The zero-order valence-corrected chi connectivity index (χ0v) is 11.7. The number of hydrogen-bond acceptors (Lipinski definition) is 2. The molecule has 2 atom stereocenters. The van der Waals surface area contributed by atoms with Gasteiger partial charge < -0.3 is 9.30 Å². The lowest BCUT2D eigenvalue weighted by molar-refractivity contribution is 0.162. The number of halogens is 2. The van der Waals surface area contributed by atoms with Gasteiger partial charge in [-0.25, -0.2) is 9.37 Å². The lowest BCUT2D eigenvalue weighted by Crippen LogP contribution is -2.32. The molecule has 19 heavy (non-hydrogen) atoms. The molecule has 1 saturated heterocycles. The van der Waals surface area contributed by atoms with Crippen LogP contribution in [0.25, 0.3) is 11.0 Å². The lowest BCUT2D eigenvalue weighted by Gasteiger charge is -2.27. The van der Waals surface area contributed by atoms with Crippen LogP contribution in [-0.4, -0.2) is 22.8 Å². The van der Waals surface area contributed by atoms with E-state index in [0.717, 1.165) is 24.4 Å². The molecular weight excluding hydrogens is 267 g/mol. The number of rotatable bonds is 2. The lowest BCUT2D eigenvalue weighted by atomic mass is 10.0. The Morgan fingerprint density at radius 1 is 1.53 bits per heavy atom. The van der Waals surface area contributed by atoms with Crippen LogP contribution < -0.4 is 0 Å². The van der Waals surface area contributed by atoms with Crippen molar-refractivity contribution >= 4 is 22.6 Å². The molecule has 1 aliphatic heterocycles. The van der Waals surface area contributed by atoms with Gasteiger partial charge in [0.05, 0.1) is 28.6 Å². The zero-order valence-electron chi connectivity index (χ0n) is 11.0. The summed E-state index contributed by atoms with van der Waals surface area (Å²) in [6.07, 6.45) is 0.909. The molecule has 2 unspecified atom stereocenters. The Kier molecular flexibility index (Phi) is 3.02. The molecular formula is C14H16ClFN2O. The van der Waals surface area contributed by atoms with Crippen molar-refractivity contribution in [2.75, 3.05) is 13.2 Å². The maximum atomic E-state index is 13.3. The molecule has 1 aromatic heterocycles. The molecule has 2 aromatic rings. The topological polar surface area (TPSA) is 27.1 Å². The van der Waals surface area contributed by atoms with Gasteiger partial charge in [0.25, 0.3) is 0 Å². The van der Waals surface area contributed by atoms with Gasteiger partial charge in [0.1, 0.15) is 11.6 Å². The monoisotopic (exact) mass is 282 g/mol. The third-order valence-corrected chi connectivity index (χ3v) is 3.93. The zero-order chi connectivity index (χ0) is 13.6. The number of benzene rings is 1. The SMILES string of the molecule is CC(Cl)c1nc2cc(F)ccc2n1C1(C)CCOC1. The third-order valence-electron chi connectivity index (χ3n) is 3.74. The number of fused-ring (bicyclic) bond motifs is 1. The highest BCUT2D eigenvalue weighted by Gasteiger charge is 2.35. The second kappa shape index (κ2) is 4.46. The first-order valence-corrected chi connectivity index (χ1v) is 6.85. The second-order valence-corrected chi connectivity index (χ2v) is 6.01. The molecule has 3 nitrogen and oxygen atoms in total. The standard InChI is InChI=1S/C14H16ClFN2O/c1-9(15)13-17-11-7-10(16)3-4-12(11)18(13)14(2)5-6-19-8-14/h3-4,7,9H,5-6,8H2,1-2H3. The number of hydrogen-bond donors (Lipinski definition) is 0. The van der Waals surface area contributed by atoms with E-state index in [1.165, 1.54) is 12.1 Å². The van der Waals surface area contributed by atoms with Crippen LogP contribution in [-0.2, 0) is 10.3 Å². The number of aromatic nitrogens is 2.